The standard InChI is InChI=1S/C21H37N7/c1-4-22-20(25-15-19-7-5-10-26(17-19)16-18(2)3)27-11-13-28(14-12-27)21-23-8-6-9-24-21/h6,8-9,18-19H,4-5,7,10-17H2,1-3H3,(H,22,25). The summed E-state index contributed by atoms with van der Waals surface area (Å²) in [6.45, 7) is 16.0. The van der Waals surface area contributed by atoms with Crippen LogP contribution in [0.15, 0.2) is 23.5 Å². The number of guanidine groups is 1. The molecule has 3 heterocycles. The lowest BCUT2D eigenvalue weighted by atomic mass is 9.97. The molecule has 0 amide bonds. The zero-order chi connectivity index (χ0) is 19.8. The zero-order valence-electron chi connectivity index (χ0n) is 17.8. The Labute approximate surface area is 170 Å². The van der Waals surface area contributed by atoms with Crippen LogP contribution in [-0.2, 0) is 0 Å². The highest BCUT2D eigenvalue weighted by Gasteiger charge is 2.23. The number of nitrogens with zero attached hydrogens (tertiary/aromatic N) is 6. The van der Waals surface area contributed by atoms with Crippen molar-refractivity contribution in [2.45, 2.75) is 33.6 Å². The molecule has 1 aromatic heterocycles. The number of likely N-dealkylation sites (tertiary alicyclic amines) is 1. The van der Waals surface area contributed by atoms with E-state index in [0.717, 1.165) is 57.1 Å². The molecule has 1 N–H and O–H groups in total. The van der Waals surface area contributed by atoms with E-state index in [1.807, 2.05) is 18.5 Å². The van der Waals surface area contributed by atoms with E-state index in [1.54, 1.807) is 0 Å². The van der Waals surface area contributed by atoms with Crippen molar-refractivity contribution in [3.63, 3.8) is 0 Å². The molecule has 0 bridgehead atoms. The average molecular weight is 388 g/mol. The van der Waals surface area contributed by atoms with E-state index in [-0.39, 0.29) is 0 Å². The van der Waals surface area contributed by atoms with Gasteiger partial charge < -0.3 is 20.0 Å². The van der Waals surface area contributed by atoms with Gasteiger partial charge in [0.2, 0.25) is 5.95 Å². The fourth-order valence-electron chi connectivity index (χ4n) is 4.20. The number of rotatable bonds is 6. The summed E-state index contributed by atoms with van der Waals surface area (Å²) < 4.78 is 0. The summed E-state index contributed by atoms with van der Waals surface area (Å²) in [4.78, 5) is 21.1. The van der Waals surface area contributed by atoms with Gasteiger partial charge in [-0.25, -0.2) is 9.97 Å². The summed E-state index contributed by atoms with van der Waals surface area (Å²) in [5, 5.41) is 3.50. The summed E-state index contributed by atoms with van der Waals surface area (Å²) in [5.41, 5.74) is 0. The second-order valence-corrected chi connectivity index (χ2v) is 8.38. The third-order valence-electron chi connectivity index (χ3n) is 5.47. The Morgan fingerprint density at radius 3 is 2.61 bits per heavy atom. The SMILES string of the molecule is CCNC(=NCC1CCCN(CC(C)C)C1)N1CCN(c2ncccn2)CC1. The lowest BCUT2D eigenvalue weighted by Crippen LogP contribution is -2.53. The molecule has 2 saturated heterocycles. The molecule has 0 aromatic carbocycles. The lowest BCUT2D eigenvalue weighted by Gasteiger charge is -2.37. The molecule has 3 rings (SSSR count). The van der Waals surface area contributed by atoms with Gasteiger partial charge in [0.1, 0.15) is 0 Å². The highest BCUT2D eigenvalue weighted by Crippen LogP contribution is 2.18. The molecule has 28 heavy (non-hydrogen) atoms. The van der Waals surface area contributed by atoms with Crippen LogP contribution in [-0.4, -0.2) is 84.6 Å². The van der Waals surface area contributed by atoms with Gasteiger partial charge in [-0.3, -0.25) is 4.99 Å². The molecule has 156 valence electrons. The number of hydrogen-bond donors (Lipinski definition) is 1. The Balaban J connectivity index is 1.53. The van der Waals surface area contributed by atoms with E-state index in [0.29, 0.717) is 5.92 Å². The van der Waals surface area contributed by atoms with E-state index in [2.05, 4.69) is 50.8 Å². The maximum atomic E-state index is 5.03. The Kier molecular flexibility index (Phi) is 7.89. The number of aliphatic imine (C=N–C) groups is 1. The van der Waals surface area contributed by atoms with E-state index in [9.17, 15) is 0 Å². The maximum Gasteiger partial charge on any atom is 0.225 e. The smallest absolute Gasteiger partial charge is 0.225 e. The van der Waals surface area contributed by atoms with Crippen molar-refractivity contribution in [1.82, 2.24) is 25.1 Å². The highest BCUT2D eigenvalue weighted by molar-refractivity contribution is 5.80. The molecule has 1 unspecified atom stereocenters. The predicted octanol–water partition coefficient (Wildman–Crippen LogP) is 1.93. The van der Waals surface area contributed by atoms with Gasteiger partial charge in [-0.1, -0.05) is 13.8 Å². The number of aromatic nitrogens is 2. The lowest BCUT2D eigenvalue weighted by molar-refractivity contribution is 0.162. The van der Waals surface area contributed by atoms with E-state index < -0.39 is 0 Å². The van der Waals surface area contributed by atoms with Crippen LogP contribution in [0.4, 0.5) is 5.95 Å². The Morgan fingerprint density at radius 2 is 1.93 bits per heavy atom. The summed E-state index contributed by atoms with van der Waals surface area (Å²) >= 11 is 0. The van der Waals surface area contributed by atoms with Crippen LogP contribution in [0.3, 0.4) is 0 Å². The van der Waals surface area contributed by atoms with E-state index >= 15 is 0 Å². The van der Waals surface area contributed by atoms with Crippen molar-refractivity contribution in [2.24, 2.45) is 16.8 Å². The average Bonchev–Trinajstić information content (AvgIpc) is 2.72. The van der Waals surface area contributed by atoms with Gasteiger partial charge in [0.05, 0.1) is 0 Å². The van der Waals surface area contributed by atoms with Crippen molar-refractivity contribution in [3.8, 4) is 0 Å². The van der Waals surface area contributed by atoms with Crippen LogP contribution < -0.4 is 10.2 Å². The predicted molar refractivity (Wildman–Crippen MR) is 116 cm³/mol. The third kappa shape index (κ3) is 6.06. The Morgan fingerprint density at radius 1 is 1.18 bits per heavy atom. The first-order valence-corrected chi connectivity index (χ1v) is 10.9. The maximum absolute atomic E-state index is 5.03. The molecule has 1 aromatic rings. The van der Waals surface area contributed by atoms with Crippen LogP contribution in [0.25, 0.3) is 0 Å². The molecular weight excluding hydrogens is 350 g/mol. The van der Waals surface area contributed by atoms with Crippen molar-refractivity contribution in [3.05, 3.63) is 18.5 Å². The molecular formula is C21H37N7. The quantitative estimate of drug-likeness (QED) is 0.595. The van der Waals surface area contributed by atoms with Gasteiger partial charge in [0.15, 0.2) is 5.96 Å². The summed E-state index contributed by atoms with van der Waals surface area (Å²) in [6, 6.07) is 1.86. The normalized spacial score (nSPS) is 22.0. The number of nitrogens with one attached hydrogen (secondary N) is 1. The fourth-order valence-corrected chi connectivity index (χ4v) is 4.20. The molecule has 1 atom stereocenters. The second kappa shape index (κ2) is 10.6. The largest absolute Gasteiger partial charge is 0.357 e. The molecule has 7 heteroatoms. The Bertz CT molecular complexity index is 596. The molecule has 0 spiro atoms. The number of piperazine rings is 1. The zero-order valence-corrected chi connectivity index (χ0v) is 17.8. The van der Waals surface area contributed by atoms with Crippen LogP contribution in [0.5, 0.6) is 0 Å². The first kappa shape index (κ1) is 20.8. The van der Waals surface area contributed by atoms with Crippen LogP contribution in [0.1, 0.15) is 33.6 Å². The number of piperidine rings is 1. The first-order chi connectivity index (χ1) is 13.7. The second-order valence-electron chi connectivity index (χ2n) is 8.38. The van der Waals surface area contributed by atoms with Crippen LogP contribution in [0, 0.1) is 11.8 Å². The van der Waals surface area contributed by atoms with E-state index in [1.165, 1.54) is 32.5 Å². The topological polar surface area (TPSA) is 59.9 Å². The minimum atomic E-state index is 0.681. The molecule has 0 saturated carbocycles. The number of anilines is 1. The summed E-state index contributed by atoms with van der Waals surface area (Å²) in [6.07, 6.45) is 6.23. The van der Waals surface area contributed by atoms with Gasteiger partial charge in [0, 0.05) is 64.8 Å². The van der Waals surface area contributed by atoms with Crippen LogP contribution in [0.2, 0.25) is 0 Å². The van der Waals surface area contributed by atoms with Gasteiger partial charge in [-0.15, -0.1) is 0 Å². The Hall–Kier alpha value is -1.89. The van der Waals surface area contributed by atoms with Crippen molar-refractivity contribution < 1.29 is 0 Å². The molecule has 7 nitrogen and oxygen atoms in total. The minimum Gasteiger partial charge on any atom is -0.357 e. The van der Waals surface area contributed by atoms with Gasteiger partial charge in [-0.2, -0.15) is 0 Å². The first-order valence-electron chi connectivity index (χ1n) is 10.9. The summed E-state index contributed by atoms with van der Waals surface area (Å²) in [7, 11) is 0. The van der Waals surface area contributed by atoms with E-state index in [4.69, 9.17) is 4.99 Å². The molecule has 0 radical (unpaired) electrons. The fraction of sp³-hybridized carbons (Fsp3) is 0.762. The van der Waals surface area contributed by atoms with Crippen molar-refractivity contribution in [1.29, 1.82) is 0 Å². The summed E-state index contributed by atoms with van der Waals surface area (Å²) in [5.74, 6) is 3.32. The van der Waals surface area contributed by atoms with Gasteiger partial charge in [-0.05, 0) is 44.2 Å². The minimum absolute atomic E-state index is 0.681. The molecule has 2 aliphatic heterocycles. The molecule has 2 aliphatic rings. The monoisotopic (exact) mass is 387 g/mol. The highest BCUT2D eigenvalue weighted by atomic mass is 15.4. The van der Waals surface area contributed by atoms with Crippen molar-refractivity contribution >= 4 is 11.9 Å². The molecule has 0 aliphatic carbocycles. The van der Waals surface area contributed by atoms with Crippen LogP contribution >= 0.6 is 0 Å². The molecule has 2 fully saturated rings. The van der Waals surface area contributed by atoms with Gasteiger partial charge >= 0.3 is 0 Å². The van der Waals surface area contributed by atoms with Crippen molar-refractivity contribution in [2.75, 3.05) is 63.8 Å². The number of hydrogen-bond acceptors (Lipinski definition) is 5. The van der Waals surface area contributed by atoms with Gasteiger partial charge in [0.25, 0.3) is 0 Å². The third-order valence-corrected chi connectivity index (χ3v) is 5.47.